The molecule has 1 amide bonds. The zero-order chi connectivity index (χ0) is 24.4. The van der Waals surface area contributed by atoms with E-state index in [1.54, 1.807) is 17.2 Å². The number of aryl methyl sites for hydroxylation is 2. The van der Waals surface area contributed by atoms with Crippen molar-refractivity contribution in [3.05, 3.63) is 87.9 Å². The lowest BCUT2D eigenvalue weighted by Gasteiger charge is -2.34. The van der Waals surface area contributed by atoms with E-state index in [1.807, 2.05) is 50.2 Å². The van der Waals surface area contributed by atoms with Gasteiger partial charge in [-0.3, -0.25) is 9.59 Å². The van der Waals surface area contributed by atoms with Crippen molar-refractivity contribution in [1.29, 1.82) is 0 Å². The Bertz CT molecular complexity index is 1410. The van der Waals surface area contributed by atoms with Crippen molar-refractivity contribution in [2.75, 3.05) is 31.1 Å². The van der Waals surface area contributed by atoms with Crippen molar-refractivity contribution in [2.24, 2.45) is 0 Å². The second-order valence-corrected chi connectivity index (χ2v) is 8.50. The summed E-state index contributed by atoms with van der Waals surface area (Å²) in [5.74, 6) is 0.686. The van der Waals surface area contributed by atoms with Crippen LogP contribution < -0.4 is 10.5 Å². The van der Waals surface area contributed by atoms with E-state index in [2.05, 4.69) is 25.1 Å². The highest BCUT2D eigenvalue weighted by molar-refractivity contribution is 5.89. The van der Waals surface area contributed by atoms with E-state index in [1.165, 1.54) is 16.3 Å². The van der Waals surface area contributed by atoms with Crippen molar-refractivity contribution in [1.82, 2.24) is 29.8 Å². The fourth-order valence-electron chi connectivity index (χ4n) is 3.97. The molecule has 1 aliphatic rings. The van der Waals surface area contributed by atoms with E-state index in [9.17, 15) is 9.59 Å². The largest absolute Gasteiger partial charge is 0.353 e. The highest BCUT2D eigenvalue weighted by Gasteiger charge is 2.27. The van der Waals surface area contributed by atoms with Gasteiger partial charge in [-0.25, -0.2) is 9.67 Å². The van der Waals surface area contributed by atoms with Crippen LogP contribution in [0.25, 0.3) is 11.3 Å². The van der Waals surface area contributed by atoms with Crippen molar-refractivity contribution in [2.45, 2.75) is 20.4 Å². The number of aromatic nitrogens is 5. The molecule has 1 fully saturated rings. The van der Waals surface area contributed by atoms with E-state index in [4.69, 9.17) is 4.52 Å². The first-order chi connectivity index (χ1) is 17.0. The summed E-state index contributed by atoms with van der Waals surface area (Å²) in [6.07, 6.45) is 1.75. The number of hydrogen-bond acceptors (Lipinski definition) is 8. The molecule has 178 valence electrons. The average molecular weight is 472 g/mol. The molecule has 1 saturated heterocycles. The van der Waals surface area contributed by atoms with Crippen LogP contribution in [0.2, 0.25) is 0 Å². The van der Waals surface area contributed by atoms with Crippen LogP contribution in [0, 0.1) is 13.8 Å². The van der Waals surface area contributed by atoms with Crippen molar-refractivity contribution >= 4 is 11.7 Å². The number of carbonyl (C=O) groups excluding carboxylic acids is 1. The van der Waals surface area contributed by atoms with Gasteiger partial charge in [0.1, 0.15) is 12.4 Å². The molecule has 1 aliphatic heterocycles. The zero-order valence-corrected chi connectivity index (χ0v) is 19.6. The van der Waals surface area contributed by atoms with Gasteiger partial charge in [0.15, 0.2) is 5.82 Å². The van der Waals surface area contributed by atoms with Crippen molar-refractivity contribution < 1.29 is 9.32 Å². The molecule has 0 saturated carbocycles. The first kappa shape index (κ1) is 22.5. The van der Waals surface area contributed by atoms with Crippen LogP contribution in [0.4, 0.5) is 5.82 Å². The fourth-order valence-corrected chi connectivity index (χ4v) is 3.97. The van der Waals surface area contributed by atoms with Crippen LogP contribution in [0.15, 0.2) is 64.0 Å². The average Bonchev–Trinajstić information content (AvgIpc) is 3.36. The van der Waals surface area contributed by atoms with Crippen molar-refractivity contribution in [3.8, 4) is 11.3 Å². The quantitative estimate of drug-likeness (QED) is 0.436. The fraction of sp³-hybridized carbons (Fsp3) is 0.280. The van der Waals surface area contributed by atoms with E-state index < -0.39 is 0 Å². The van der Waals surface area contributed by atoms with Gasteiger partial charge in [-0.15, -0.1) is 0 Å². The predicted octanol–water partition coefficient (Wildman–Crippen LogP) is 2.32. The van der Waals surface area contributed by atoms with Crippen LogP contribution >= 0.6 is 0 Å². The van der Waals surface area contributed by atoms with Crippen LogP contribution in [0.1, 0.15) is 27.6 Å². The summed E-state index contributed by atoms with van der Waals surface area (Å²) >= 11 is 0. The smallest absolute Gasteiger partial charge is 0.316 e. The molecule has 0 aliphatic carbocycles. The number of pyridine rings is 1. The normalized spacial score (nSPS) is 13.8. The second-order valence-electron chi connectivity index (χ2n) is 8.50. The van der Waals surface area contributed by atoms with E-state index >= 15 is 0 Å². The summed E-state index contributed by atoms with van der Waals surface area (Å²) < 4.78 is 6.50. The molecule has 4 heterocycles. The Morgan fingerprint density at radius 3 is 2.57 bits per heavy atom. The lowest BCUT2D eigenvalue weighted by Crippen LogP contribution is -2.49. The van der Waals surface area contributed by atoms with Gasteiger partial charge < -0.3 is 14.3 Å². The van der Waals surface area contributed by atoms with Gasteiger partial charge in [-0.1, -0.05) is 23.4 Å². The van der Waals surface area contributed by atoms with Gasteiger partial charge >= 0.3 is 11.8 Å². The Morgan fingerprint density at radius 2 is 1.83 bits per heavy atom. The molecule has 0 bridgehead atoms. The summed E-state index contributed by atoms with van der Waals surface area (Å²) in [4.78, 5) is 37.7. The maximum absolute atomic E-state index is 12.9. The first-order valence-electron chi connectivity index (χ1n) is 11.4. The van der Waals surface area contributed by atoms with Gasteiger partial charge in [0.05, 0.1) is 5.69 Å². The molecule has 1 aromatic carbocycles. The first-order valence-corrected chi connectivity index (χ1v) is 11.4. The van der Waals surface area contributed by atoms with E-state index in [0.29, 0.717) is 31.9 Å². The Hall–Kier alpha value is -4.34. The van der Waals surface area contributed by atoms with Gasteiger partial charge in [0.2, 0.25) is 0 Å². The number of amides is 1. The number of nitrogens with zero attached hydrogens (tertiary/aromatic N) is 7. The summed E-state index contributed by atoms with van der Waals surface area (Å²) in [7, 11) is 0. The Morgan fingerprint density at radius 1 is 1.00 bits per heavy atom. The monoisotopic (exact) mass is 471 g/mol. The highest BCUT2D eigenvalue weighted by atomic mass is 16.5. The minimum Gasteiger partial charge on any atom is -0.353 e. The number of carbonyl (C=O) groups is 1. The molecule has 35 heavy (non-hydrogen) atoms. The number of rotatable bonds is 5. The summed E-state index contributed by atoms with van der Waals surface area (Å²) in [6, 6.07) is 15.0. The standard InChI is InChI=1S/C25H25N7O3/c1-17-6-7-19(15-18(17)2)20-8-9-23(33)32(28-20)16-21-27-24(35-29-21)25(34)31-13-11-30(12-14-31)22-5-3-4-10-26-22/h3-10,15H,11-14,16H2,1-2H3. The zero-order valence-electron chi connectivity index (χ0n) is 19.6. The molecule has 0 radical (unpaired) electrons. The van der Waals surface area contributed by atoms with Gasteiger partial charge in [0.25, 0.3) is 5.56 Å². The Kier molecular flexibility index (Phi) is 6.09. The van der Waals surface area contributed by atoms with Gasteiger partial charge in [-0.05, 0) is 49.2 Å². The molecule has 4 aromatic rings. The lowest BCUT2D eigenvalue weighted by atomic mass is 10.0. The van der Waals surface area contributed by atoms with Crippen LogP contribution in [-0.4, -0.2) is 61.9 Å². The van der Waals surface area contributed by atoms with Crippen LogP contribution in [0.5, 0.6) is 0 Å². The van der Waals surface area contributed by atoms with Crippen LogP contribution in [-0.2, 0) is 6.54 Å². The summed E-state index contributed by atoms with van der Waals surface area (Å²) in [5.41, 5.74) is 3.61. The van der Waals surface area contributed by atoms with Crippen molar-refractivity contribution in [3.63, 3.8) is 0 Å². The molecular weight excluding hydrogens is 446 g/mol. The number of hydrogen-bond donors (Lipinski definition) is 0. The second kappa shape index (κ2) is 9.49. The molecule has 0 atom stereocenters. The third-order valence-electron chi connectivity index (χ3n) is 6.15. The molecule has 0 spiro atoms. The maximum Gasteiger partial charge on any atom is 0.316 e. The molecular formula is C25H25N7O3. The van der Waals surface area contributed by atoms with E-state index in [0.717, 1.165) is 16.9 Å². The minimum atomic E-state index is -0.325. The third-order valence-corrected chi connectivity index (χ3v) is 6.15. The lowest BCUT2D eigenvalue weighted by molar-refractivity contribution is 0.0696. The SMILES string of the molecule is Cc1ccc(-c2ccc(=O)n(Cc3noc(C(=O)N4CCN(c5ccccn5)CC4)n3)n2)cc1C. The number of piperazine rings is 1. The predicted molar refractivity (Wildman–Crippen MR) is 129 cm³/mol. The van der Waals surface area contributed by atoms with Crippen LogP contribution in [0.3, 0.4) is 0 Å². The Labute approximate surface area is 201 Å². The van der Waals surface area contributed by atoms with Gasteiger partial charge in [0, 0.05) is 44.0 Å². The third kappa shape index (κ3) is 4.81. The molecule has 3 aromatic heterocycles. The molecule has 10 heteroatoms. The molecule has 10 nitrogen and oxygen atoms in total. The topological polar surface area (TPSA) is 110 Å². The van der Waals surface area contributed by atoms with E-state index in [-0.39, 0.29) is 29.7 Å². The maximum atomic E-state index is 12.9. The van der Waals surface area contributed by atoms with Gasteiger partial charge in [-0.2, -0.15) is 10.1 Å². The summed E-state index contributed by atoms with van der Waals surface area (Å²) in [6.45, 7) is 6.44. The number of benzene rings is 1. The minimum absolute atomic E-state index is 0.00174. The number of anilines is 1. The molecule has 0 unspecified atom stereocenters. The summed E-state index contributed by atoms with van der Waals surface area (Å²) in [5, 5.41) is 8.37. The highest BCUT2D eigenvalue weighted by Crippen LogP contribution is 2.19. The Balaban J connectivity index is 1.27. The molecule has 5 rings (SSSR count). The molecule has 0 N–H and O–H groups in total.